The average molecular weight is 458 g/mol. The molecule has 0 spiro atoms. The molecule has 3 heterocycles. The van der Waals surface area contributed by atoms with Gasteiger partial charge in [-0.2, -0.15) is 5.10 Å². The number of carbonyl (C=O) groups excluding carboxylic acids is 1. The third-order valence-corrected chi connectivity index (χ3v) is 7.26. The number of benzene rings is 1. The second-order valence-electron chi connectivity index (χ2n) is 10.0. The molecule has 1 aromatic carbocycles. The summed E-state index contributed by atoms with van der Waals surface area (Å²) in [6, 6.07) is 10.9. The fourth-order valence-electron chi connectivity index (χ4n) is 5.74. The van der Waals surface area contributed by atoms with E-state index in [2.05, 4.69) is 20.8 Å². The van der Waals surface area contributed by atoms with E-state index in [1.807, 2.05) is 23.1 Å². The molecule has 2 aliphatic rings. The summed E-state index contributed by atoms with van der Waals surface area (Å²) in [5, 5.41) is 5.57. The molecule has 1 saturated heterocycles. The highest BCUT2D eigenvalue weighted by atomic mass is 35.5. The number of amides is 1. The largest absolute Gasteiger partial charge is 0.463 e. The summed E-state index contributed by atoms with van der Waals surface area (Å²) in [5.41, 5.74) is 2.17. The molecular formula is C24H25Cl2N3O2. The van der Waals surface area contributed by atoms with Gasteiger partial charge in [0, 0.05) is 18.7 Å². The number of fused-ring (bicyclic) bond motifs is 2. The van der Waals surface area contributed by atoms with Gasteiger partial charge in [0.25, 0.3) is 5.91 Å². The molecule has 1 saturated carbocycles. The predicted octanol–water partition coefficient (Wildman–Crippen LogP) is 6.48. The van der Waals surface area contributed by atoms with Crippen molar-refractivity contribution < 1.29 is 9.21 Å². The summed E-state index contributed by atoms with van der Waals surface area (Å²) >= 11 is 12.4. The minimum absolute atomic E-state index is 0.0113. The Morgan fingerprint density at radius 3 is 2.65 bits per heavy atom. The van der Waals surface area contributed by atoms with Gasteiger partial charge in [0.05, 0.1) is 22.0 Å². The maximum absolute atomic E-state index is 13.8. The molecule has 2 fully saturated rings. The molecule has 31 heavy (non-hydrogen) atoms. The highest BCUT2D eigenvalue weighted by molar-refractivity contribution is 6.42. The van der Waals surface area contributed by atoms with E-state index in [0.717, 1.165) is 25.8 Å². The summed E-state index contributed by atoms with van der Waals surface area (Å²) < 4.78 is 7.19. The third-order valence-electron chi connectivity index (χ3n) is 6.53. The second-order valence-corrected chi connectivity index (χ2v) is 10.9. The van der Waals surface area contributed by atoms with Gasteiger partial charge in [-0.15, -0.1) is 0 Å². The standard InChI is InChI=1S/C24H25Cl2N3O2/c1-23(2)11-16-12-24(3,13-23)14-28(16)22(30)20-10-19(21-5-4-8-31-21)27-29(20)15-6-7-17(25)18(26)9-15/h4-10,16H,11-14H2,1-3H3. The number of furan rings is 1. The average Bonchev–Trinajstić information content (AvgIpc) is 3.40. The van der Waals surface area contributed by atoms with Crippen molar-refractivity contribution in [2.45, 2.75) is 46.1 Å². The zero-order valence-corrected chi connectivity index (χ0v) is 19.4. The zero-order valence-electron chi connectivity index (χ0n) is 17.9. The number of rotatable bonds is 3. The Bertz CT molecular complexity index is 1150. The zero-order chi connectivity index (χ0) is 22.0. The number of hydrogen-bond donors (Lipinski definition) is 0. The van der Waals surface area contributed by atoms with Crippen LogP contribution < -0.4 is 0 Å². The van der Waals surface area contributed by atoms with Gasteiger partial charge >= 0.3 is 0 Å². The minimum Gasteiger partial charge on any atom is -0.463 e. The maximum atomic E-state index is 13.8. The van der Waals surface area contributed by atoms with Gasteiger partial charge in [-0.3, -0.25) is 4.79 Å². The molecule has 0 N–H and O–H groups in total. The summed E-state index contributed by atoms with van der Waals surface area (Å²) in [4.78, 5) is 15.9. The van der Waals surface area contributed by atoms with E-state index < -0.39 is 0 Å². The molecular weight excluding hydrogens is 433 g/mol. The third kappa shape index (κ3) is 3.68. The molecule has 162 valence electrons. The Balaban J connectivity index is 1.58. The van der Waals surface area contributed by atoms with Gasteiger partial charge < -0.3 is 9.32 Å². The van der Waals surface area contributed by atoms with Crippen LogP contribution in [0.1, 0.15) is 50.5 Å². The quantitative estimate of drug-likeness (QED) is 0.452. The van der Waals surface area contributed by atoms with Crippen molar-refractivity contribution >= 4 is 29.1 Å². The summed E-state index contributed by atoms with van der Waals surface area (Å²) in [6.45, 7) is 7.68. The van der Waals surface area contributed by atoms with Crippen molar-refractivity contribution in [1.82, 2.24) is 14.7 Å². The first-order chi connectivity index (χ1) is 14.6. The molecule has 0 radical (unpaired) electrons. The van der Waals surface area contributed by atoms with Crippen LogP contribution in [0.4, 0.5) is 0 Å². The van der Waals surface area contributed by atoms with Crippen molar-refractivity contribution in [3.8, 4) is 17.1 Å². The van der Waals surface area contributed by atoms with Crippen LogP contribution in [0.5, 0.6) is 0 Å². The summed E-state index contributed by atoms with van der Waals surface area (Å²) in [5.74, 6) is 0.601. The first kappa shape index (κ1) is 20.7. The van der Waals surface area contributed by atoms with E-state index in [1.54, 1.807) is 29.1 Å². The maximum Gasteiger partial charge on any atom is 0.272 e. The molecule has 7 heteroatoms. The molecule has 2 unspecified atom stereocenters. The van der Waals surface area contributed by atoms with Gasteiger partial charge in [0.2, 0.25) is 0 Å². The number of hydrogen-bond acceptors (Lipinski definition) is 3. The SMILES string of the molecule is CC1(C)CC2CC(C)(CN2C(=O)c2cc(-c3ccco3)nn2-c2ccc(Cl)c(Cl)c2)C1. The number of nitrogens with zero attached hydrogens (tertiary/aromatic N) is 3. The van der Waals surface area contributed by atoms with E-state index in [9.17, 15) is 4.79 Å². The lowest BCUT2D eigenvalue weighted by molar-refractivity contribution is 0.0699. The molecule has 2 bridgehead atoms. The van der Waals surface area contributed by atoms with E-state index in [-0.39, 0.29) is 22.8 Å². The highest BCUT2D eigenvalue weighted by Crippen LogP contribution is 2.52. The molecule has 5 rings (SSSR count). The number of halogens is 2. The van der Waals surface area contributed by atoms with Crippen LogP contribution in [0, 0.1) is 10.8 Å². The van der Waals surface area contributed by atoms with Gasteiger partial charge in [-0.05, 0) is 60.4 Å². The molecule has 3 aromatic rings. The number of carbonyl (C=O) groups is 1. The summed E-state index contributed by atoms with van der Waals surface area (Å²) in [6.07, 6.45) is 4.79. The van der Waals surface area contributed by atoms with E-state index >= 15 is 0 Å². The van der Waals surface area contributed by atoms with Crippen molar-refractivity contribution in [1.29, 1.82) is 0 Å². The molecule has 2 atom stereocenters. The first-order valence-corrected chi connectivity index (χ1v) is 11.3. The van der Waals surface area contributed by atoms with Crippen molar-refractivity contribution in [3.05, 3.63) is 58.4 Å². The molecule has 1 amide bonds. The highest BCUT2D eigenvalue weighted by Gasteiger charge is 2.51. The second kappa shape index (κ2) is 7.14. The van der Waals surface area contributed by atoms with Gasteiger partial charge in [-0.1, -0.05) is 44.0 Å². The van der Waals surface area contributed by atoms with Crippen molar-refractivity contribution in [2.24, 2.45) is 10.8 Å². The molecule has 5 nitrogen and oxygen atoms in total. The van der Waals surface area contributed by atoms with Crippen LogP contribution in [0.3, 0.4) is 0 Å². The van der Waals surface area contributed by atoms with Crippen LogP contribution in [0.15, 0.2) is 47.1 Å². The predicted molar refractivity (Wildman–Crippen MR) is 122 cm³/mol. The number of aromatic nitrogens is 2. The van der Waals surface area contributed by atoms with Crippen molar-refractivity contribution in [3.63, 3.8) is 0 Å². The van der Waals surface area contributed by atoms with Crippen LogP contribution in [-0.4, -0.2) is 33.2 Å². The first-order valence-electron chi connectivity index (χ1n) is 10.5. The van der Waals surface area contributed by atoms with E-state index in [0.29, 0.717) is 32.9 Å². The van der Waals surface area contributed by atoms with Crippen LogP contribution in [-0.2, 0) is 0 Å². The Kier molecular flexibility index (Phi) is 4.76. The number of likely N-dealkylation sites (tertiary alicyclic amines) is 1. The van der Waals surface area contributed by atoms with E-state index in [4.69, 9.17) is 32.7 Å². The minimum atomic E-state index is -0.0113. The monoisotopic (exact) mass is 457 g/mol. The van der Waals surface area contributed by atoms with Crippen LogP contribution in [0.2, 0.25) is 10.0 Å². The Morgan fingerprint density at radius 1 is 1.13 bits per heavy atom. The lowest BCUT2D eigenvalue weighted by Gasteiger charge is -2.39. The summed E-state index contributed by atoms with van der Waals surface area (Å²) in [7, 11) is 0. The fraction of sp³-hybridized carbons (Fsp3) is 0.417. The normalized spacial score (nSPS) is 24.5. The van der Waals surface area contributed by atoms with Crippen LogP contribution in [0.25, 0.3) is 17.1 Å². The van der Waals surface area contributed by atoms with Gasteiger partial charge in [-0.25, -0.2) is 4.68 Å². The van der Waals surface area contributed by atoms with Gasteiger partial charge in [0.1, 0.15) is 11.4 Å². The topological polar surface area (TPSA) is 51.3 Å². The van der Waals surface area contributed by atoms with E-state index in [1.165, 1.54) is 0 Å². The lowest BCUT2D eigenvalue weighted by atomic mass is 9.65. The fourth-order valence-corrected chi connectivity index (χ4v) is 6.03. The molecule has 2 aromatic heterocycles. The lowest BCUT2D eigenvalue weighted by Crippen LogP contribution is -2.38. The smallest absolute Gasteiger partial charge is 0.272 e. The van der Waals surface area contributed by atoms with Gasteiger partial charge in [0.15, 0.2) is 5.76 Å². The Morgan fingerprint density at radius 2 is 1.94 bits per heavy atom. The molecule has 1 aliphatic heterocycles. The Labute approximate surface area is 191 Å². The Hall–Kier alpha value is -2.24. The van der Waals surface area contributed by atoms with Crippen LogP contribution >= 0.6 is 23.2 Å². The van der Waals surface area contributed by atoms with Crippen molar-refractivity contribution in [2.75, 3.05) is 6.54 Å². The molecule has 1 aliphatic carbocycles.